The molecule has 0 spiro atoms. The molecule has 0 saturated carbocycles. The molecule has 0 fully saturated rings. The number of aromatic nitrogens is 1. The number of nitrogens with zero attached hydrogens (tertiary/aromatic N) is 2. The Labute approximate surface area is 219 Å². The van der Waals surface area contributed by atoms with Gasteiger partial charge in [0.25, 0.3) is 0 Å². The van der Waals surface area contributed by atoms with E-state index in [4.69, 9.17) is 0 Å². The van der Waals surface area contributed by atoms with Crippen molar-refractivity contribution < 1.29 is 24.6 Å². The maximum atomic E-state index is 13.3. The predicted octanol–water partition coefficient (Wildman–Crippen LogP) is 4.36. The zero-order chi connectivity index (χ0) is 27.4. The number of allylic oxidation sites excluding steroid dienone is 1. The lowest BCUT2D eigenvalue weighted by Crippen LogP contribution is -2.48. The number of ketones is 2. The lowest BCUT2D eigenvalue weighted by atomic mass is 9.72. The number of Topliss-reactive ketones (excluding diaryl/α,β-unsaturated/α-hetero) is 2. The minimum atomic E-state index is -1.27. The Balaban J connectivity index is 2.46. The second-order valence-corrected chi connectivity index (χ2v) is 11.9. The largest absolute Gasteiger partial charge is 0.392 e. The Bertz CT molecular complexity index is 1020. The van der Waals surface area contributed by atoms with Crippen LogP contribution in [0.15, 0.2) is 22.6 Å². The van der Waals surface area contributed by atoms with Gasteiger partial charge in [0.05, 0.1) is 40.8 Å². The van der Waals surface area contributed by atoms with Gasteiger partial charge in [-0.2, -0.15) is 0 Å². The van der Waals surface area contributed by atoms with E-state index in [1.807, 2.05) is 38.3 Å². The number of amides is 1. The van der Waals surface area contributed by atoms with Crippen LogP contribution in [0, 0.1) is 24.2 Å². The van der Waals surface area contributed by atoms with Crippen LogP contribution in [-0.4, -0.2) is 62.9 Å². The monoisotopic (exact) mass is 518 g/mol. The van der Waals surface area contributed by atoms with E-state index < -0.39 is 29.5 Å². The third-order valence-electron chi connectivity index (χ3n) is 7.64. The normalized spacial score (nSPS) is 31.3. The first kappa shape index (κ1) is 30.1. The van der Waals surface area contributed by atoms with Gasteiger partial charge in [0.15, 0.2) is 0 Å². The number of thiazole rings is 1. The van der Waals surface area contributed by atoms with Crippen LogP contribution in [0.5, 0.6) is 0 Å². The molecule has 36 heavy (non-hydrogen) atoms. The second kappa shape index (κ2) is 12.4. The summed E-state index contributed by atoms with van der Waals surface area (Å²) in [5, 5.41) is 24.7. The fourth-order valence-corrected chi connectivity index (χ4v) is 5.23. The van der Waals surface area contributed by atoms with Gasteiger partial charge in [-0.05, 0) is 45.3 Å². The molecule has 1 amide bonds. The van der Waals surface area contributed by atoms with Crippen molar-refractivity contribution in [2.75, 3.05) is 7.05 Å². The minimum Gasteiger partial charge on any atom is -0.392 e. The summed E-state index contributed by atoms with van der Waals surface area (Å²) >= 11 is 1.56. The van der Waals surface area contributed by atoms with Crippen LogP contribution in [0.1, 0.15) is 77.9 Å². The summed E-state index contributed by atoms with van der Waals surface area (Å²) in [7, 11) is 1.71. The zero-order valence-corrected chi connectivity index (χ0v) is 23.7. The Morgan fingerprint density at radius 2 is 1.78 bits per heavy atom. The van der Waals surface area contributed by atoms with E-state index in [1.54, 1.807) is 51.0 Å². The number of carbonyl (C=O) groups excluding carboxylic acids is 3. The number of aryl methyl sites for hydroxylation is 1. The van der Waals surface area contributed by atoms with Gasteiger partial charge in [-0.25, -0.2) is 4.98 Å². The average molecular weight is 519 g/mol. The van der Waals surface area contributed by atoms with Gasteiger partial charge in [0.1, 0.15) is 11.6 Å². The Hall–Kier alpha value is -2.16. The molecule has 1 aliphatic rings. The molecule has 1 aliphatic heterocycles. The molecule has 200 valence electrons. The standard InChI is InChI=1S/C28H42N2O5S/c1-16-9-11-22(17(2)13-21-15-36-20(5)29-21)30(8)25(33)14-24(32)28(6,7)27(35)19(4)26(34)18(3)23(31)12-10-16/h9,13,15,18-19,22,24,26,32,34H,10-12,14H2,1-8H3/b16-9-,17-13+/t18-,19+,22-,24-,26-/m0/s1. The number of hydrogen-bond donors (Lipinski definition) is 2. The van der Waals surface area contributed by atoms with Crippen molar-refractivity contribution in [1.82, 2.24) is 9.88 Å². The molecule has 0 radical (unpaired) electrons. The van der Waals surface area contributed by atoms with Crippen LogP contribution in [-0.2, 0) is 14.4 Å². The van der Waals surface area contributed by atoms with Crippen molar-refractivity contribution in [2.45, 2.75) is 92.4 Å². The Morgan fingerprint density at radius 1 is 1.14 bits per heavy atom. The molecule has 2 heterocycles. The number of rotatable bonds is 2. The van der Waals surface area contributed by atoms with Crippen LogP contribution in [0.2, 0.25) is 0 Å². The Kier molecular flexibility index (Phi) is 10.3. The summed E-state index contributed by atoms with van der Waals surface area (Å²) in [4.78, 5) is 45.5. The number of aliphatic hydroxyl groups is 2. The summed E-state index contributed by atoms with van der Waals surface area (Å²) in [6.07, 6.45) is 2.75. The zero-order valence-electron chi connectivity index (χ0n) is 22.9. The van der Waals surface area contributed by atoms with Crippen molar-refractivity contribution in [3.05, 3.63) is 33.3 Å². The summed E-state index contributed by atoms with van der Waals surface area (Å²) in [6, 6.07) is -0.274. The molecule has 1 aromatic heterocycles. The molecule has 7 nitrogen and oxygen atoms in total. The fourth-order valence-electron chi connectivity index (χ4n) is 4.66. The maximum Gasteiger partial charge on any atom is 0.225 e. The Morgan fingerprint density at radius 3 is 2.36 bits per heavy atom. The maximum absolute atomic E-state index is 13.3. The lowest BCUT2D eigenvalue weighted by molar-refractivity contribution is -0.145. The number of likely N-dealkylation sites (N-methyl/N-ethyl adjacent to an activating group) is 1. The van der Waals surface area contributed by atoms with Gasteiger partial charge in [-0.1, -0.05) is 39.3 Å². The van der Waals surface area contributed by atoms with E-state index in [2.05, 4.69) is 4.98 Å². The van der Waals surface area contributed by atoms with Crippen LogP contribution in [0.25, 0.3) is 6.08 Å². The van der Waals surface area contributed by atoms with E-state index in [9.17, 15) is 24.6 Å². The van der Waals surface area contributed by atoms with Crippen molar-refractivity contribution in [3.63, 3.8) is 0 Å². The predicted molar refractivity (Wildman–Crippen MR) is 143 cm³/mol. The summed E-state index contributed by atoms with van der Waals surface area (Å²) in [6.45, 7) is 12.3. The van der Waals surface area contributed by atoms with Gasteiger partial charge in [-0.15, -0.1) is 11.3 Å². The summed E-state index contributed by atoms with van der Waals surface area (Å²) in [5.41, 5.74) is 1.53. The molecule has 5 atom stereocenters. The van der Waals surface area contributed by atoms with Crippen LogP contribution in [0.3, 0.4) is 0 Å². The SMILES string of the molecule is C/C1=C/C[C@@H](/C(C)=C/c2csc(C)n2)N(C)C(=O)C[C@H](O)C(C)(C)C(=O)[C@H](C)[C@@H](O)[C@@H](C)C(=O)CC1. The van der Waals surface area contributed by atoms with Crippen LogP contribution >= 0.6 is 11.3 Å². The first-order valence-corrected chi connectivity index (χ1v) is 13.5. The van der Waals surface area contributed by atoms with E-state index in [-0.39, 0.29) is 36.4 Å². The summed E-state index contributed by atoms with van der Waals surface area (Å²) in [5.74, 6) is -2.30. The molecule has 0 saturated heterocycles. The van der Waals surface area contributed by atoms with Gasteiger partial charge in [-0.3, -0.25) is 14.4 Å². The summed E-state index contributed by atoms with van der Waals surface area (Å²) < 4.78 is 0. The number of hydrogen-bond acceptors (Lipinski definition) is 7. The molecule has 0 aromatic carbocycles. The molecule has 1 aromatic rings. The van der Waals surface area contributed by atoms with Gasteiger partial charge >= 0.3 is 0 Å². The van der Waals surface area contributed by atoms with Gasteiger partial charge in [0, 0.05) is 30.7 Å². The second-order valence-electron chi connectivity index (χ2n) is 10.8. The first-order valence-electron chi connectivity index (χ1n) is 12.6. The van der Waals surface area contributed by atoms with Crippen molar-refractivity contribution >= 4 is 34.9 Å². The number of carbonyl (C=O) groups is 3. The molecule has 8 heteroatoms. The van der Waals surface area contributed by atoms with Crippen LogP contribution in [0.4, 0.5) is 0 Å². The van der Waals surface area contributed by atoms with Crippen molar-refractivity contribution in [3.8, 4) is 0 Å². The molecular formula is C28H42N2O5S. The number of aliphatic hydroxyl groups excluding tert-OH is 2. The van der Waals surface area contributed by atoms with E-state index in [0.29, 0.717) is 12.8 Å². The highest BCUT2D eigenvalue weighted by molar-refractivity contribution is 7.09. The van der Waals surface area contributed by atoms with Crippen LogP contribution < -0.4 is 0 Å². The lowest BCUT2D eigenvalue weighted by Gasteiger charge is -2.36. The highest BCUT2D eigenvalue weighted by atomic mass is 32.1. The quantitative estimate of drug-likeness (QED) is 0.563. The highest BCUT2D eigenvalue weighted by Gasteiger charge is 2.43. The average Bonchev–Trinajstić information content (AvgIpc) is 3.23. The third-order valence-corrected chi connectivity index (χ3v) is 8.43. The van der Waals surface area contributed by atoms with Gasteiger partial charge < -0.3 is 15.1 Å². The topological polar surface area (TPSA) is 108 Å². The fraction of sp³-hybridized carbons (Fsp3) is 0.643. The molecule has 2 N–H and O–H groups in total. The smallest absolute Gasteiger partial charge is 0.225 e. The van der Waals surface area contributed by atoms with Crippen molar-refractivity contribution in [2.24, 2.45) is 17.3 Å². The van der Waals surface area contributed by atoms with E-state index in [0.717, 1.165) is 21.8 Å². The van der Waals surface area contributed by atoms with E-state index >= 15 is 0 Å². The van der Waals surface area contributed by atoms with E-state index in [1.165, 1.54) is 0 Å². The minimum absolute atomic E-state index is 0.0980. The molecule has 0 aliphatic carbocycles. The van der Waals surface area contributed by atoms with Gasteiger partial charge in [0.2, 0.25) is 5.91 Å². The van der Waals surface area contributed by atoms with Crippen molar-refractivity contribution in [1.29, 1.82) is 0 Å². The molecular weight excluding hydrogens is 476 g/mol. The molecule has 2 rings (SSSR count). The third kappa shape index (κ3) is 7.20. The molecule has 0 unspecified atom stereocenters. The highest BCUT2D eigenvalue weighted by Crippen LogP contribution is 2.32. The first-order chi connectivity index (χ1) is 16.7. The molecule has 0 bridgehead atoms.